The lowest BCUT2D eigenvalue weighted by Crippen LogP contribution is -2.15. The van der Waals surface area contributed by atoms with Gasteiger partial charge in [-0.05, 0) is 70.1 Å². The smallest absolute Gasteiger partial charge is 0.156 e. The third-order valence-electron chi connectivity index (χ3n) is 5.08. The first-order chi connectivity index (χ1) is 13.7. The van der Waals surface area contributed by atoms with Gasteiger partial charge in [-0.1, -0.05) is 6.07 Å². The number of pyridine rings is 1. The van der Waals surface area contributed by atoms with E-state index in [2.05, 4.69) is 31.8 Å². The van der Waals surface area contributed by atoms with Crippen molar-refractivity contribution in [2.75, 3.05) is 11.5 Å². The molecule has 1 aliphatic rings. The fourth-order valence-electron chi connectivity index (χ4n) is 3.84. The number of rotatable bonds is 4. The highest BCUT2D eigenvalue weighted by atomic mass is 16.5. The molecule has 29 heavy (non-hydrogen) atoms. The van der Waals surface area contributed by atoms with Gasteiger partial charge in [0.2, 0.25) is 0 Å². The number of hydrogen-bond acceptors (Lipinski definition) is 7. The second kappa shape index (κ2) is 8.75. The SMILES string of the molecule is CC(C)(O)O.Nc1cccc(CCC2CCC(n3ccc4c(N)ncnc43)C2)n1. The molecule has 6 N–H and O–H groups in total. The van der Waals surface area contributed by atoms with E-state index in [1.54, 1.807) is 6.33 Å². The lowest BCUT2D eigenvalue weighted by atomic mass is 10.00. The molecule has 1 aliphatic carbocycles. The first kappa shape index (κ1) is 21.0. The van der Waals surface area contributed by atoms with Crippen LogP contribution in [0.2, 0.25) is 0 Å². The van der Waals surface area contributed by atoms with Gasteiger partial charge >= 0.3 is 0 Å². The van der Waals surface area contributed by atoms with Crippen LogP contribution in [-0.2, 0) is 6.42 Å². The van der Waals surface area contributed by atoms with E-state index in [1.807, 2.05) is 18.2 Å². The molecule has 8 heteroatoms. The number of fused-ring (bicyclic) bond motifs is 1. The standard InChI is InChI=1S/C18H22N6.C3H8O2/c19-16-3-1-2-13(23-16)6-4-12-5-7-14(10-12)24-9-8-15-17(20)21-11-22-18(15)24;1-3(2,4)5/h1-3,8-9,11-12,14H,4-7,10H2,(H2,19,23)(H2,20,21,22);4-5H,1-2H3. The Kier molecular flexibility index (Phi) is 6.34. The van der Waals surface area contributed by atoms with Gasteiger partial charge in [0.1, 0.15) is 23.6 Å². The van der Waals surface area contributed by atoms with E-state index in [1.165, 1.54) is 33.1 Å². The van der Waals surface area contributed by atoms with Crippen LogP contribution in [0, 0.1) is 5.92 Å². The van der Waals surface area contributed by atoms with E-state index >= 15 is 0 Å². The second-order valence-electron chi connectivity index (χ2n) is 8.14. The molecule has 0 amide bonds. The summed E-state index contributed by atoms with van der Waals surface area (Å²) in [6.07, 6.45) is 9.40. The van der Waals surface area contributed by atoms with Crippen LogP contribution < -0.4 is 11.5 Å². The minimum absolute atomic E-state index is 0.496. The van der Waals surface area contributed by atoms with Gasteiger partial charge in [0.25, 0.3) is 0 Å². The summed E-state index contributed by atoms with van der Waals surface area (Å²) in [6, 6.07) is 8.39. The molecule has 3 aromatic heterocycles. The lowest BCUT2D eigenvalue weighted by molar-refractivity contribution is -0.127. The number of nitrogens with zero attached hydrogens (tertiary/aromatic N) is 4. The maximum atomic E-state index is 8.08. The topological polar surface area (TPSA) is 136 Å². The average Bonchev–Trinajstić information content (AvgIpc) is 3.26. The zero-order valence-electron chi connectivity index (χ0n) is 17.0. The molecule has 0 aromatic carbocycles. The van der Waals surface area contributed by atoms with Crippen LogP contribution in [0.15, 0.2) is 36.8 Å². The molecular formula is C21H30N6O2. The third kappa shape index (κ3) is 5.88. The summed E-state index contributed by atoms with van der Waals surface area (Å²) < 4.78 is 2.27. The summed E-state index contributed by atoms with van der Waals surface area (Å²) in [6.45, 7) is 2.60. The molecule has 0 bridgehead atoms. The molecule has 3 aromatic rings. The minimum atomic E-state index is -1.50. The molecule has 2 atom stereocenters. The predicted molar refractivity (Wildman–Crippen MR) is 114 cm³/mol. The molecule has 1 fully saturated rings. The predicted octanol–water partition coefficient (Wildman–Crippen LogP) is 2.67. The van der Waals surface area contributed by atoms with E-state index in [9.17, 15) is 0 Å². The van der Waals surface area contributed by atoms with Crippen molar-refractivity contribution in [2.24, 2.45) is 5.92 Å². The van der Waals surface area contributed by atoms with E-state index in [0.29, 0.717) is 17.7 Å². The summed E-state index contributed by atoms with van der Waals surface area (Å²) in [5, 5.41) is 17.1. The first-order valence-electron chi connectivity index (χ1n) is 9.94. The quantitative estimate of drug-likeness (QED) is 0.496. The van der Waals surface area contributed by atoms with Crippen molar-refractivity contribution in [3.8, 4) is 0 Å². The Bertz CT molecular complexity index is 944. The van der Waals surface area contributed by atoms with Gasteiger partial charge in [0.15, 0.2) is 5.79 Å². The monoisotopic (exact) mass is 398 g/mol. The third-order valence-corrected chi connectivity index (χ3v) is 5.08. The Morgan fingerprint density at radius 2 is 1.90 bits per heavy atom. The summed E-state index contributed by atoms with van der Waals surface area (Å²) in [4.78, 5) is 12.9. The molecule has 156 valence electrons. The van der Waals surface area contributed by atoms with Gasteiger partial charge in [-0.25, -0.2) is 15.0 Å². The van der Waals surface area contributed by atoms with E-state index in [-0.39, 0.29) is 0 Å². The number of aromatic nitrogens is 4. The first-order valence-corrected chi connectivity index (χ1v) is 9.94. The van der Waals surface area contributed by atoms with E-state index < -0.39 is 5.79 Å². The summed E-state index contributed by atoms with van der Waals surface area (Å²) in [5.74, 6) is 0.379. The number of hydrogen-bond donors (Lipinski definition) is 4. The Morgan fingerprint density at radius 1 is 1.14 bits per heavy atom. The molecule has 0 saturated heterocycles. The van der Waals surface area contributed by atoms with E-state index in [0.717, 1.165) is 35.5 Å². The second-order valence-corrected chi connectivity index (χ2v) is 8.14. The van der Waals surface area contributed by atoms with Gasteiger partial charge in [-0.15, -0.1) is 0 Å². The van der Waals surface area contributed by atoms with Gasteiger partial charge in [0, 0.05) is 17.9 Å². The Balaban J connectivity index is 0.000000431. The number of aliphatic hydroxyl groups is 2. The number of aryl methyl sites for hydroxylation is 1. The van der Waals surface area contributed by atoms with Crippen LogP contribution >= 0.6 is 0 Å². The molecule has 2 unspecified atom stereocenters. The fraction of sp³-hybridized carbons (Fsp3) is 0.476. The highest BCUT2D eigenvalue weighted by Crippen LogP contribution is 2.38. The Hall–Kier alpha value is -2.71. The van der Waals surface area contributed by atoms with Crippen molar-refractivity contribution >= 4 is 22.7 Å². The van der Waals surface area contributed by atoms with E-state index in [4.69, 9.17) is 21.7 Å². The lowest BCUT2D eigenvalue weighted by Gasteiger charge is -2.14. The minimum Gasteiger partial charge on any atom is -0.384 e. The zero-order valence-corrected chi connectivity index (χ0v) is 17.0. The highest BCUT2D eigenvalue weighted by Gasteiger charge is 2.27. The molecule has 0 spiro atoms. The number of nitrogen functional groups attached to an aromatic ring is 2. The van der Waals surface area contributed by atoms with Crippen molar-refractivity contribution in [1.29, 1.82) is 0 Å². The van der Waals surface area contributed by atoms with Gasteiger partial charge < -0.3 is 26.2 Å². The van der Waals surface area contributed by atoms with Crippen LogP contribution in [0.3, 0.4) is 0 Å². The highest BCUT2D eigenvalue weighted by molar-refractivity contribution is 5.86. The van der Waals surface area contributed by atoms with Crippen LogP contribution in [0.25, 0.3) is 11.0 Å². The van der Waals surface area contributed by atoms with Crippen LogP contribution in [0.1, 0.15) is 51.3 Å². The molecule has 0 radical (unpaired) electrons. The Labute approximate surface area is 170 Å². The zero-order chi connectivity index (χ0) is 21.0. The van der Waals surface area contributed by atoms with Gasteiger partial charge in [-0.3, -0.25) is 0 Å². The summed E-state index contributed by atoms with van der Waals surface area (Å²) in [7, 11) is 0. The maximum Gasteiger partial charge on any atom is 0.156 e. The van der Waals surface area contributed by atoms with Crippen LogP contribution in [0.4, 0.5) is 11.6 Å². The van der Waals surface area contributed by atoms with Crippen molar-refractivity contribution in [3.05, 3.63) is 42.5 Å². The van der Waals surface area contributed by atoms with Crippen molar-refractivity contribution in [1.82, 2.24) is 19.5 Å². The molecule has 8 nitrogen and oxygen atoms in total. The van der Waals surface area contributed by atoms with Gasteiger partial charge in [-0.2, -0.15) is 0 Å². The van der Waals surface area contributed by atoms with Crippen molar-refractivity contribution < 1.29 is 10.2 Å². The molecule has 4 rings (SSSR count). The Morgan fingerprint density at radius 3 is 2.62 bits per heavy atom. The molecule has 0 aliphatic heterocycles. The summed E-state index contributed by atoms with van der Waals surface area (Å²) >= 11 is 0. The summed E-state index contributed by atoms with van der Waals surface area (Å²) in [5.41, 5.74) is 13.7. The van der Waals surface area contributed by atoms with Crippen molar-refractivity contribution in [3.63, 3.8) is 0 Å². The fourth-order valence-corrected chi connectivity index (χ4v) is 3.84. The number of nitrogens with two attached hydrogens (primary N) is 2. The number of anilines is 2. The van der Waals surface area contributed by atoms with Crippen molar-refractivity contribution in [2.45, 2.75) is 57.8 Å². The average molecular weight is 399 g/mol. The molecule has 1 saturated carbocycles. The van der Waals surface area contributed by atoms with Gasteiger partial charge in [0.05, 0.1) is 5.39 Å². The normalized spacial score (nSPS) is 19.2. The molecular weight excluding hydrogens is 368 g/mol. The molecule has 3 heterocycles. The maximum absolute atomic E-state index is 8.08. The largest absolute Gasteiger partial charge is 0.384 e. The van der Waals surface area contributed by atoms with Crippen LogP contribution in [-0.4, -0.2) is 35.5 Å². The van der Waals surface area contributed by atoms with Crippen LogP contribution in [0.5, 0.6) is 0 Å².